The van der Waals surface area contributed by atoms with Crippen molar-refractivity contribution >= 4 is 22.6 Å². The molecule has 0 saturated heterocycles. The molecular formula is C40H32N2Pt. The molecule has 0 atom stereocenters. The van der Waals surface area contributed by atoms with E-state index in [2.05, 4.69) is 161 Å². The zero-order valence-electron chi connectivity index (χ0n) is 24.8. The minimum Gasteiger partial charge on any atom is -0.262 e. The topological polar surface area (TPSA) is 24.7 Å². The smallest absolute Gasteiger partial charge is 0.262 e. The van der Waals surface area contributed by atoms with Crippen LogP contribution in [-0.2, 0) is 31.9 Å². The van der Waals surface area contributed by atoms with Gasteiger partial charge in [-0.1, -0.05) is 111 Å². The maximum absolute atomic E-state index is 5.29. The van der Waals surface area contributed by atoms with E-state index in [4.69, 9.17) is 9.98 Å². The van der Waals surface area contributed by atoms with Crippen LogP contribution in [-0.4, -0.2) is 11.4 Å². The summed E-state index contributed by atoms with van der Waals surface area (Å²) < 4.78 is 0. The van der Waals surface area contributed by atoms with Crippen LogP contribution in [0.1, 0.15) is 61.1 Å². The average Bonchev–Trinajstić information content (AvgIpc) is 3.71. The van der Waals surface area contributed by atoms with Crippen molar-refractivity contribution in [1.29, 1.82) is 0 Å². The first kappa shape index (κ1) is 29.0. The standard InChI is InChI=1S/C40H32N2.Pt/c1-39(2)31-19-11-17-29(25-31)37(27-13-7-5-8-14-27)34-22-24-36(42-34)40(3,4)32-20-12-18-30(26-32)38(28-15-9-6-10-16-28)33-21-23-35(39)41-33;/h5-24H,1-4H3;/q-2;+2/b37-34-,38-33-;. The average molecular weight is 736 g/mol. The van der Waals surface area contributed by atoms with Gasteiger partial charge in [-0.05, 0) is 24.3 Å². The van der Waals surface area contributed by atoms with E-state index >= 15 is 0 Å². The summed E-state index contributed by atoms with van der Waals surface area (Å²) in [6.07, 6.45) is 8.63. The van der Waals surface area contributed by atoms with E-state index in [1.165, 1.54) is 0 Å². The van der Waals surface area contributed by atoms with Gasteiger partial charge in [-0.3, -0.25) is 9.98 Å². The zero-order valence-corrected chi connectivity index (χ0v) is 27.0. The Bertz CT molecular complexity index is 1760. The van der Waals surface area contributed by atoms with Gasteiger partial charge in [0.05, 0.1) is 0 Å². The van der Waals surface area contributed by atoms with Gasteiger partial charge < -0.3 is 0 Å². The van der Waals surface area contributed by atoms with Gasteiger partial charge >= 0.3 is 21.1 Å². The third kappa shape index (κ3) is 5.09. The SMILES string of the molecule is CC1(C)C2=N/C(=C(/c3ccccc3)c3[c-]c(ccc3)C(C)(C)C3=N/C(=C(/c4ccccc4)c4[c-]c1ccc4)C=C3)C=C2.[Pt+2]. The summed E-state index contributed by atoms with van der Waals surface area (Å²) in [5.74, 6) is 0. The third-order valence-corrected chi connectivity index (χ3v) is 8.67. The number of fused-ring (bicyclic) bond motifs is 6. The van der Waals surface area contributed by atoms with Crippen molar-refractivity contribution in [3.8, 4) is 0 Å². The maximum atomic E-state index is 5.29. The first-order valence-electron chi connectivity index (χ1n) is 14.5. The van der Waals surface area contributed by atoms with E-state index in [1.54, 1.807) is 0 Å². The number of nitrogens with zero attached hydrogens (tertiary/aromatic N) is 2. The van der Waals surface area contributed by atoms with Crippen molar-refractivity contribution in [2.45, 2.75) is 38.5 Å². The summed E-state index contributed by atoms with van der Waals surface area (Å²) in [6.45, 7) is 8.93. The van der Waals surface area contributed by atoms with Gasteiger partial charge in [-0.15, -0.1) is 70.8 Å². The van der Waals surface area contributed by atoms with E-state index < -0.39 is 0 Å². The van der Waals surface area contributed by atoms with Crippen LogP contribution in [0.15, 0.2) is 143 Å². The van der Waals surface area contributed by atoms with Crippen molar-refractivity contribution in [1.82, 2.24) is 0 Å². The second-order valence-electron chi connectivity index (χ2n) is 12.1. The Morgan fingerprint density at radius 1 is 0.465 bits per heavy atom. The Morgan fingerprint density at radius 2 is 0.860 bits per heavy atom. The fraction of sp³-hybridized carbons (Fsp3) is 0.150. The molecule has 0 saturated carbocycles. The van der Waals surface area contributed by atoms with Gasteiger partial charge in [0.15, 0.2) is 0 Å². The fourth-order valence-electron chi connectivity index (χ4n) is 6.03. The Hall–Kier alpha value is -4.13. The molecular weight excluding hydrogens is 704 g/mol. The Morgan fingerprint density at radius 3 is 1.26 bits per heavy atom. The zero-order chi connectivity index (χ0) is 28.9. The van der Waals surface area contributed by atoms with Crippen molar-refractivity contribution in [3.05, 3.63) is 178 Å². The van der Waals surface area contributed by atoms with Gasteiger partial charge in [0.25, 0.3) is 0 Å². The number of aliphatic imine (C=N–C) groups is 2. The second kappa shape index (κ2) is 11.2. The molecule has 0 amide bonds. The molecule has 0 aliphatic carbocycles. The Kier molecular flexibility index (Phi) is 7.53. The molecule has 0 spiro atoms. The van der Waals surface area contributed by atoms with E-state index in [1.807, 2.05) is 0 Å². The molecule has 212 valence electrons. The number of rotatable bonds is 2. The second-order valence-corrected chi connectivity index (χ2v) is 12.1. The Balaban J connectivity index is 0.00000329. The summed E-state index contributed by atoms with van der Waals surface area (Å²) in [4.78, 5) is 10.6. The molecule has 0 fully saturated rings. The number of benzene rings is 4. The summed E-state index contributed by atoms with van der Waals surface area (Å²) in [5.41, 5.74) is 11.8. The molecule has 3 aliphatic heterocycles. The van der Waals surface area contributed by atoms with Crippen LogP contribution in [0.4, 0.5) is 0 Å². The largest absolute Gasteiger partial charge is 2.00 e. The first-order chi connectivity index (χ1) is 20.3. The van der Waals surface area contributed by atoms with E-state index in [0.29, 0.717) is 0 Å². The van der Waals surface area contributed by atoms with Crippen molar-refractivity contribution in [3.63, 3.8) is 0 Å². The monoisotopic (exact) mass is 735 g/mol. The first-order valence-corrected chi connectivity index (χ1v) is 14.5. The van der Waals surface area contributed by atoms with E-state index in [9.17, 15) is 0 Å². The van der Waals surface area contributed by atoms with Crippen molar-refractivity contribution in [2.75, 3.05) is 0 Å². The molecule has 8 bridgehead atoms. The normalized spacial score (nSPS) is 21.2. The summed E-state index contributed by atoms with van der Waals surface area (Å²) in [5, 5.41) is 0. The molecule has 4 aromatic rings. The molecule has 2 nitrogen and oxygen atoms in total. The van der Waals surface area contributed by atoms with E-state index in [0.717, 1.165) is 67.3 Å². The molecule has 3 heteroatoms. The van der Waals surface area contributed by atoms with Gasteiger partial charge in [0.1, 0.15) is 0 Å². The summed E-state index contributed by atoms with van der Waals surface area (Å²) in [6, 6.07) is 41.5. The number of hydrogen-bond donors (Lipinski definition) is 0. The third-order valence-electron chi connectivity index (χ3n) is 8.67. The quantitative estimate of drug-likeness (QED) is 0.184. The molecule has 0 radical (unpaired) electrons. The molecule has 0 aromatic heterocycles. The van der Waals surface area contributed by atoms with Gasteiger partial charge in [0.2, 0.25) is 0 Å². The molecule has 4 aromatic carbocycles. The van der Waals surface area contributed by atoms with Crippen LogP contribution in [0.3, 0.4) is 0 Å². The van der Waals surface area contributed by atoms with Crippen LogP contribution >= 0.6 is 0 Å². The van der Waals surface area contributed by atoms with Gasteiger partial charge in [-0.25, -0.2) is 0 Å². The molecule has 3 aliphatic rings. The Labute approximate surface area is 269 Å². The summed E-state index contributed by atoms with van der Waals surface area (Å²) >= 11 is 0. The van der Waals surface area contributed by atoms with Gasteiger partial charge in [-0.2, -0.15) is 0 Å². The van der Waals surface area contributed by atoms with E-state index in [-0.39, 0.29) is 31.9 Å². The van der Waals surface area contributed by atoms with Crippen molar-refractivity contribution in [2.24, 2.45) is 9.98 Å². The minimum atomic E-state index is -0.368. The summed E-state index contributed by atoms with van der Waals surface area (Å²) in [7, 11) is 0. The molecule has 3 heterocycles. The van der Waals surface area contributed by atoms with Crippen LogP contribution in [0, 0.1) is 12.1 Å². The predicted octanol–water partition coefficient (Wildman–Crippen LogP) is 9.09. The van der Waals surface area contributed by atoms with Gasteiger partial charge in [0, 0.05) is 33.6 Å². The fourth-order valence-corrected chi connectivity index (χ4v) is 6.03. The predicted molar refractivity (Wildman–Crippen MR) is 175 cm³/mol. The van der Waals surface area contributed by atoms with Crippen LogP contribution in [0.25, 0.3) is 11.1 Å². The minimum absolute atomic E-state index is 0. The van der Waals surface area contributed by atoms with Crippen molar-refractivity contribution < 1.29 is 21.1 Å². The number of allylic oxidation sites excluding steroid dienone is 4. The van der Waals surface area contributed by atoms with Crippen LogP contribution in [0.5, 0.6) is 0 Å². The molecule has 0 N–H and O–H groups in total. The van der Waals surface area contributed by atoms with Crippen LogP contribution in [0.2, 0.25) is 0 Å². The maximum Gasteiger partial charge on any atom is 2.00 e. The van der Waals surface area contributed by atoms with Crippen LogP contribution < -0.4 is 0 Å². The molecule has 0 unspecified atom stereocenters. The molecule has 43 heavy (non-hydrogen) atoms. The number of hydrogen-bond acceptors (Lipinski definition) is 2. The molecule has 7 rings (SSSR count).